The minimum atomic E-state index is -0.543. The summed E-state index contributed by atoms with van der Waals surface area (Å²) < 4.78 is 6.08. The molecule has 0 saturated heterocycles. The number of ether oxygens (including phenoxy) is 1. The highest BCUT2D eigenvalue weighted by atomic mass is 32.2. The third kappa shape index (κ3) is 3.85. The van der Waals surface area contributed by atoms with Crippen LogP contribution in [0.15, 0.2) is 16.3 Å². The molecule has 84 valence electrons. The number of thiophene rings is 1. The van der Waals surface area contributed by atoms with E-state index in [1.807, 2.05) is 18.4 Å². The van der Waals surface area contributed by atoms with Gasteiger partial charge in [0.25, 0.3) is 0 Å². The smallest absolute Gasteiger partial charge is 0.323 e. The molecule has 1 atom stereocenters. The molecule has 0 aliphatic rings. The van der Waals surface area contributed by atoms with E-state index in [1.54, 1.807) is 30.0 Å². The van der Waals surface area contributed by atoms with Crippen LogP contribution >= 0.6 is 23.1 Å². The maximum atomic E-state index is 11.3. The van der Waals surface area contributed by atoms with Gasteiger partial charge in [-0.25, -0.2) is 0 Å². The molecule has 0 radical (unpaired) electrons. The van der Waals surface area contributed by atoms with Gasteiger partial charge < -0.3 is 10.5 Å². The molecular weight excluding hydrogens is 230 g/mol. The van der Waals surface area contributed by atoms with Gasteiger partial charge >= 0.3 is 5.97 Å². The third-order valence-corrected chi connectivity index (χ3v) is 4.04. The molecule has 1 rings (SSSR count). The van der Waals surface area contributed by atoms with Gasteiger partial charge in [-0.05, 0) is 25.3 Å². The van der Waals surface area contributed by atoms with Gasteiger partial charge in [0, 0.05) is 11.3 Å². The fourth-order valence-corrected chi connectivity index (χ4v) is 2.78. The first-order valence-electron chi connectivity index (χ1n) is 4.72. The Labute approximate surface area is 98.0 Å². The van der Waals surface area contributed by atoms with Crippen molar-refractivity contribution in [2.45, 2.75) is 23.6 Å². The number of thioether (sulfide) groups is 1. The molecule has 5 heteroatoms. The first kappa shape index (κ1) is 12.5. The van der Waals surface area contributed by atoms with Gasteiger partial charge in [0.15, 0.2) is 0 Å². The lowest BCUT2D eigenvalue weighted by atomic mass is 10.2. The second-order valence-corrected chi connectivity index (χ2v) is 5.26. The van der Waals surface area contributed by atoms with E-state index >= 15 is 0 Å². The average molecular weight is 245 g/mol. The number of rotatable bonds is 5. The summed E-state index contributed by atoms with van der Waals surface area (Å²) >= 11 is 3.37. The summed E-state index contributed by atoms with van der Waals surface area (Å²) in [5, 5.41) is 0. The molecule has 1 unspecified atom stereocenters. The van der Waals surface area contributed by atoms with Crippen LogP contribution in [0.2, 0.25) is 0 Å². The molecule has 3 nitrogen and oxygen atoms in total. The highest BCUT2D eigenvalue weighted by Crippen LogP contribution is 2.25. The second-order valence-electron chi connectivity index (χ2n) is 2.99. The monoisotopic (exact) mass is 245 g/mol. The SMILES string of the molecule is CCOC(=O)C(N)Cc1ccc(SC)s1. The molecular formula is C10H15NO2S2. The Kier molecular flexibility index (Phi) is 5.14. The largest absolute Gasteiger partial charge is 0.465 e. The normalized spacial score (nSPS) is 12.5. The van der Waals surface area contributed by atoms with Gasteiger partial charge in [0.2, 0.25) is 0 Å². The molecule has 0 aliphatic carbocycles. The third-order valence-electron chi connectivity index (χ3n) is 1.85. The predicted octanol–water partition coefficient (Wildman–Crippen LogP) is 1.90. The van der Waals surface area contributed by atoms with Gasteiger partial charge in [-0.1, -0.05) is 0 Å². The van der Waals surface area contributed by atoms with E-state index in [0.717, 1.165) is 4.88 Å². The lowest BCUT2D eigenvalue weighted by Gasteiger charge is -2.08. The zero-order valence-corrected chi connectivity index (χ0v) is 10.5. The maximum Gasteiger partial charge on any atom is 0.323 e. The number of nitrogens with two attached hydrogens (primary N) is 1. The quantitative estimate of drug-likeness (QED) is 0.636. The topological polar surface area (TPSA) is 52.3 Å². The first-order chi connectivity index (χ1) is 7.17. The van der Waals surface area contributed by atoms with Crippen LogP contribution in [-0.4, -0.2) is 24.9 Å². The molecule has 0 fully saturated rings. The number of hydrogen-bond donors (Lipinski definition) is 1. The van der Waals surface area contributed by atoms with Crippen molar-refractivity contribution in [2.75, 3.05) is 12.9 Å². The zero-order valence-electron chi connectivity index (χ0n) is 8.86. The summed E-state index contributed by atoms with van der Waals surface area (Å²) in [4.78, 5) is 12.4. The van der Waals surface area contributed by atoms with Crippen molar-refractivity contribution in [2.24, 2.45) is 5.73 Å². The van der Waals surface area contributed by atoms with Crippen molar-refractivity contribution in [3.63, 3.8) is 0 Å². The molecule has 15 heavy (non-hydrogen) atoms. The van der Waals surface area contributed by atoms with E-state index in [4.69, 9.17) is 10.5 Å². The molecule has 0 spiro atoms. The Morgan fingerprint density at radius 3 is 2.93 bits per heavy atom. The highest BCUT2D eigenvalue weighted by molar-refractivity contribution is 8.00. The van der Waals surface area contributed by atoms with Gasteiger partial charge in [-0.3, -0.25) is 4.79 Å². The van der Waals surface area contributed by atoms with Crippen LogP contribution in [0, 0.1) is 0 Å². The Morgan fingerprint density at radius 2 is 2.40 bits per heavy atom. The van der Waals surface area contributed by atoms with Crippen LogP contribution in [0.25, 0.3) is 0 Å². The van der Waals surface area contributed by atoms with Crippen molar-refractivity contribution < 1.29 is 9.53 Å². The minimum absolute atomic E-state index is 0.323. The molecule has 2 N–H and O–H groups in total. The summed E-state index contributed by atoms with van der Waals surface area (Å²) in [6, 6.07) is 3.51. The van der Waals surface area contributed by atoms with E-state index < -0.39 is 6.04 Å². The summed E-state index contributed by atoms with van der Waals surface area (Å²) in [5.41, 5.74) is 5.71. The van der Waals surface area contributed by atoms with Crippen molar-refractivity contribution in [3.05, 3.63) is 17.0 Å². The molecule has 0 bridgehead atoms. The summed E-state index contributed by atoms with van der Waals surface area (Å²) in [6.07, 6.45) is 2.59. The molecule has 1 heterocycles. The number of carbonyl (C=O) groups is 1. The van der Waals surface area contributed by atoms with Gasteiger partial charge in [-0.2, -0.15) is 0 Å². The Balaban J connectivity index is 2.50. The highest BCUT2D eigenvalue weighted by Gasteiger charge is 2.15. The van der Waals surface area contributed by atoms with E-state index in [9.17, 15) is 4.79 Å². The lowest BCUT2D eigenvalue weighted by molar-refractivity contribution is -0.144. The molecule has 0 amide bonds. The summed E-state index contributed by atoms with van der Waals surface area (Å²) in [7, 11) is 0. The van der Waals surface area contributed by atoms with Crippen molar-refractivity contribution in [1.82, 2.24) is 0 Å². The van der Waals surface area contributed by atoms with Crippen LogP contribution in [0.3, 0.4) is 0 Å². The van der Waals surface area contributed by atoms with Gasteiger partial charge in [-0.15, -0.1) is 23.1 Å². The summed E-state index contributed by atoms with van der Waals surface area (Å²) in [5.74, 6) is -0.323. The van der Waals surface area contributed by atoms with Gasteiger partial charge in [0.05, 0.1) is 10.8 Å². The Hall–Kier alpha value is -0.520. The van der Waals surface area contributed by atoms with Crippen LogP contribution in [0.4, 0.5) is 0 Å². The Morgan fingerprint density at radius 1 is 1.67 bits per heavy atom. The molecule has 0 saturated carbocycles. The van der Waals surface area contributed by atoms with Crippen molar-refractivity contribution in [1.29, 1.82) is 0 Å². The standard InChI is InChI=1S/C10H15NO2S2/c1-3-13-10(12)8(11)6-7-4-5-9(14-2)15-7/h4-5,8H,3,6,11H2,1-2H3. The molecule has 0 aromatic carbocycles. The van der Waals surface area contributed by atoms with E-state index in [0.29, 0.717) is 13.0 Å². The minimum Gasteiger partial charge on any atom is -0.465 e. The van der Waals surface area contributed by atoms with Crippen LogP contribution in [-0.2, 0) is 16.0 Å². The van der Waals surface area contributed by atoms with Crippen LogP contribution < -0.4 is 5.73 Å². The van der Waals surface area contributed by atoms with E-state index in [1.165, 1.54) is 4.21 Å². The average Bonchev–Trinajstić information content (AvgIpc) is 2.66. The number of esters is 1. The van der Waals surface area contributed by atoms with Crippen LogP contribution in [0.1, 0.15) is 11.8 Å². The fourth-order valence-electron chi connectivity index (χ4n) is 1.13. The fraction of sp³-hybridized carbons (Fsp3) is 0.500. The number of hydrogen-bond acceptors (Lipinski definition) is 5. The van der Waals surface area contributed by atoms with E-state index in [2.05, 4.69) is 0 Å². The van der Waals surface area contributed by atoms with Crippen LogP contribution in [0.5, 0.6) is 0 Å². The molecule has 1 aromatic rings. The van der Waals surface area contributed by atoms with Crippen molar-refractivity contribution >= 4 is 29.1 Å². The predicted molar refractivity (Wildman–Crippen MR) is 64.4 cm³/mol. The maximum absolute atomic E-state index is 11.3. The molecule has 0 aliphatic heterocycles. The Bertz CT molecular complexity index is 325. The lowest BCUT2D eigenvalue weighted by Crippen LogP contribution is -2.34. The van der Waals surface area contributed by atoms with Crippen molar-refractivity contribution in [3.8, 4) is 0 Å². The second kappa shape index (κ2) is 6.15. The molecule has 1 aromatic heterocycles. The van der Waals surface area contributed by atoms with Gasteiger partial charge in [0.1, 0.15) is 6.04 Å². The zero-order chi connectivity index (χ0) is 11.3. The number of carbonyl (C=O) groups excluding carboxylic acids is 1. The summed E-state index contributed by atoms with van der Waals surface area (Å²) in [6.45, 7) is 2.16. The first-order valence-corrected chi connectivity index (χ1v) is 6.76. The van der Waals surface area contributed by atoms with E-state index in [-0.39, 0.29) is 5.97 Å².